The van der Waals surface area contributed by atoms with Crippen LogP contribution in [-0.4, -0.2) is 50.8 Å². The number of carbonyl (C=O) groups excluding carboxylic acids is 2. The number of nitrogens with two attached hydrogens (primary N) is 1. The maximum atomic E-state index is 12.3. The molecule has 1 fully saturated rings. The van der Waals surface area contributed by atoms with Crippen LogP contribution in [0, 0.1) is 6.92 Å². The van der Waals surface area contributed by atoms with Crippen LogP contribution < -0.4 is 21.4 Å². The van der Waals surface area contributed by atoms with Gasteiger partial charge in [0.25, 0.3) is 5.91 Å². The number of fused-ring (bicyclic) bond motifs is 5. The van der Waals surface area contributed by atoms with Gasteiger partial charge in [0.15, 0.2) is 5.65 Å². The molecule has 1 aliphatic heterocycles. The zero-order chi connectivity index (χ0) is 19.6. The number of nitrogens with zero attached hydrogens (tertiary/aromatic N) is 3. The Hall–Kier alpha value is -3.82. The van der Waals surface area contributed by atoms with Crippen molar-refractivity contribution < 1.29 is 9.59 Å². The van der Waals surface area contributed by atoms with E-state index in [0.717, 1.165) is 5.56 Å². The minimum atomic E-state index is -0.654. The van der Waals surface area contributed by atoms with E-state index in [-0.39, 0.29) is 23.4 Å². The van der Waals surface area contributed by atoms with Crippen molar-refractivity contribution in [3.05, 3.63) is 39.7 Å². The second-order valence-electron chi connectivity index (χ2n) is 6.88. The lowest BCUT2D eigenvalue weighted by Crippen LogP contribution is -2.48. The maximum Gasteiger partial charge on any atom is 0.254 e. The summed E-state index contributed by atoms with van der Waals surface area (Å²) < 4.78 is 1.74. The van der Waals surface area contributed by atoms with E-state index in [1.165, 1.54) is 6.07 Å². The van der Waals surface area contributed by atoms with Gasteiger partial charge in [0.1, 0.15) is 22.5 Å². The first-order valence-electron chi connectivity index (χ1n) is 8.82. The van der Waals surface area contributed by atoms with E-state index in [4.69, 9.17) is 5.73 Å². The number of rotatable bonds is 2. The van der Waals surface area contributed by atoms with Gasteiger partial charge in [-0.2, -0.15) is 0 Å². The molecule has 5 rings (SSSR count). The number of aromatic nitrogens is 4. The van der Waals surface area contributed by atoms with E-state index in [9.17, 15) is 14.4 Å². The molecular weight excluding hydrogens is 362 g/mol. The van der Waals surface area contributed by atoms with Gasteiger partial charge >= 0.3 is 0 Å². The molecule has 0 atom stereocenters. The summed E-state index contributed by atoms with van der Waals surface area (Å²) >= 11 is 0. The molecule has 0 saturated carbocycles. The fraction of sp³-hybridized carbons (Fsp3) is 0.222. The summed E-state index contributed by atoms with van der Waals surface area (Å²) in [5.74, 6) is -0.0704. The summed E-state index contributed by atoms with van der Waals surface area (Å²) in [5, 5.41) is 2.77. The molecule has 4 heterocycles. The molecule has 0 bridgehead atoms. The van der Waals surface area contributed by atoms with Crippen molar-refractivity contribution in [2.24, 2.45) is 5.73 Å². The monoisotopic (exact) mass is 379 g/mol. The molecule has 0 aliphatic carbocycles. The Labute approximate surface area is 157 Å². The molecule has 2 amide bonds. The lowest BCUT2D eigenvalue weighted by atomic mass is 10.2. The smallest absolute Gasteiger partial charge is 0.254 e. The van der Waals surface area contributed by atoms with Crippen molar-refractivity contribution in [1.82, 2.24) is 24.7 Å². The van der Waals surface area contributed by atoms with Crippen LogP contribution in [0.1, 0.15) is 15.9 Å². The third-order valence-corrected chi connectivity index (χ3v) is 5.13. The van der Waals surface area contributed by atoms with E-state index in [1.54, 1.807) is 16.7 Å². The van der Waals surface area contributed by atoms with Crippen LogP contribution in [-0.2, 0) is 4.79 Å². The second kappa shape index (κ2) is 5.59. The van der Waals surface area contributed by atoms with E-state index < -0.39 is 5.91 Å². The van der Waals surface area contributed by atoms with E-state index in [0.29, 0.717) is 46.8 Å². The summed E-state index contributed by atoms with van der Waals surface area (Å²) in [4.78, 5) is 48.9. The highest BCUT2D eigenvalue weighted by molar-refractivity contribution is 6.12. The van der Waals surface area contributed by atoms with Gasteiger partial charge < -0.3 is 25.9 Å². The molecule has 0 radical (unpaired) electrons. The molecule has 3 aromatic heterocycles. The number of primary amides is 1. The summed E-state index contributed by atoms with van der Waals surface area (Å²) in [5.41, 5.74) is 8.81. The zero-order valence-corrected chi connectivity index (χ0v) is 15.0. The summed E-state index contributed by atoms with van der Waals surface area (Å²) in [6.07, 6.45) is 1.73. The Balaban J connectivity index is 1.85. The lowest BCUT2D eigenvalue weighted by molar-refractivity contribution is -0.120. The molecule has 0 unspecified atom stereocenters. The summed E-state index contributed by atoms with van der Waals surface area (Å²) in [6, 6.07) is 3.19. The molecule has 4 aromatic rings. The molecule has 10 nitrogen and oxygen atoms in total. The molecule has 5 N–H and O–H groups in total. The predicted octanol–water partition coefficient (Wildman–Crippen LogP) is 0.000620. The van der Waals surface area contributed by atoms with Gasteiger partial charge in [-0.1, -0.05) is 6.07 Å². The summed E-state index contributed by atoms with van der Waals surface area (Å²) in [6.45, 7) is 3.25. The number of hydrogen-bond donors (Lipinski definition) is 4. The van der Waals surface area contributed by atoms with Gasteiger partial charge in [0, 0.05) is 19.3 Å². The standard InChI is InChI=1S/C18H17N7O3/c1-8-2-3-9(26)13-15(8)25-17(23-13)12(16(19)28)14-18(25)21-6-10(22-14)24-5-4-20-11(27)7-24/h2-3,6,21-22H,4-5,7H2,1H3,(H2,19,28)(H,20,27). The van der Waals surface area contributed by atoms with Gasteiger partial charge in [0.2, 0.25) is 11.3 Å². The van der Waals surface area contributed by atoms with Gasteiger partial charge in [-0.3, -0.25) is 18.8 Å². The van der Waals surface area contributed by atoms with Crippen LogP contribution in [0.5, 0.6) is 0 Å². The fourth-order valence-electron chi connectivity index (χ4n) is 3.85. The third-order valence-electron chi connectivity index (χ3n) is 5.13. The number of benzene rings is 1. The third kappa shape index (κ3) is 2.14. The Morgan fingerprint density at radius 1 is 1.29 bits per heavy atom. The molecule has 1 aliphatic rings. The first-order chi connectivity index (χ1) is 13.5. The van der Waals surface area contributed by atoms with Gasteiger partial charge in [-0.15, -0.1) is 0 Å². The van der Waals surface area contributed by atoms with Crippen molar-refractivity contribution in [2.75, 3.05) is 24.5 Å². The quantitative estimate of drug-likeness (QED) is 0.388. The van der Waals surface area contributed by atoms with E-state index in [2.05, 4.69) is 20.3 Å². The van der Waals surface area contributed by atoms with E-state index >= 15 is 0 Å². The van der Waals surface area contributed by atoms with Crippen LogP contribution in [0.25, 0.3) is 27.8 Å². The minimum Gasteiger partial charge on any atom is -0.365 e. The number of H-pyrrole nitrogens is 2. The van der Waals surface area contributed by atoms with Crippen LogP contribution in [0.3, 0.4) is 0 Å². The minimum absolute atomic E-state index is 0.0724. The Kier molecular flexibility index (Phi) is 3.26. The first kappa shape index (κ1) is 16.4. The van der Waals surface area contributed by atoms with E-state index in [1.807, 2.05) is 11.8 Å². The largest absolute Gasteiger partial charge is 0.365 e. The lowest BCUT2D eigenvalue weighted by Gasteiger charge is -2.28. The number of nitrogens with one attached hydrogen (secondary N) is 3. The van der Waals surface area contributed by atoms with Crippen LogP contribution in [0.2, 0.25) is 0 Å². The molecule has 1 saturated heterocycles. The zero-order valence-electron chi connectivity index (χ0n) is 15.0. The number of piperazine rings is 1. The number of aromatic amines is 2. The summed E-state index contributed by atoms with van der Waals surface area (Å²) in [7, 11) is 0. The number of imidazole rings is 1. The molecule has 142 valence electrons. The van der Waals surface area contributed by atoms with Gasteiger partial charge in [-0.25, -0.2) is 4.98 Å². The van der Waals surface area contributed by atoms with Crippen molar-refractivity contribution >= 4 is 45.5 Å². The molecule has 28 heavy (non-hydrogen) atoms. The topological polar surface area (TPSA) is 141 Å². The number of anilines is 1. The molecule has 1 aromatic carbocycles. The number of carbonyl (C=O) groups is 2. The number of amides is 2. The van der Waals surface area contributed by atoms with Crippen LogP contribution in [0.4, 0.5) is 5.82 Å². The van der Waals surface area contributed by atoms with Crippen molar-refractivity contribution in [3.8, 4) is 0 Å². The molecule has 0 spiro atoms. The van der Waals surface area contributed by atoms with Gasteiger partial charge in [0.05, 0.1) is 17.6 Å². The normalized spacial score (nSPS) is 14.9. The highest BCUT2D eigenvalue weighted by Gasteiger charge is 2.25. The number of hydrogen-bond acceptors (Lipinski definition) is 5. The van der Waals surface area contributed by atoms with Crippen LogP contribution in [0.15, 0.2) is 23.1 Å². The second-order valence-corrected chi connectivity index (χ2v) is 6.88. The number of aryl methyl sites for hydroxylation is 1. The molecular formula is C18H17N7O3. The van der Waals surface area contributed by atoms with Crippen molar-refractivity contribution in [3.63, 3.8) is 0 Å². The highest BCUT2D eigenvalue weighted by atomic mass is 16.2. The average Bonchev–Trinajstić information content (AvgIpc) is 3.19. The van der Waals surface area contributed by atoms with Crippen molar-refractivity contribution in [1.29, 1.82) is 0 Å². The Morgan fingerprint density at radius 3 is 2.86 bits per heavy atom. The highest BCUT2D eigenvalue weighted by Crippen LogP contribution is 2.29. The molecule has 10 heteroatoms. The average molecular weight is 379 g/mol. The first-order valence-corrected chi connectivity index (χ1v) is 8.82. The fourth-order valence-corrected chi connectivity index (χ4v) is 3.85. The van der Waals surface area contributed by atoms with Gasteiger partial charge in [-0.05, 0) is 18.6 Å². The SMILES string of the molecule is Cc1ccc(=O)c2nc3c(C(N)=O)c4[nH]c(N5CCNC(=O)C5)c[nH]c4n3c12. The van der Waals surface area contributed by atoms with Crippen LogP contribution >= 0.6 is 0 Å². The van der Waals surface area contributed by atoms with Crippen molar-refractivity contribution in [2.45, 2.75) is 6.92 Å². The maximum absolute atomic E-state index is 12.3. The Morgan fingerprint density at radius 2 is 2.11 bits per heavy atom. The Bertz CT molecular complexity index is 1360. The predicted molar refractivity (Wildman–Crippen MR) is 104 cm³/mol.